The summed E-state index contributed by atoms with van der Waals surface area (Å²) < 4.78 is 5.97. The third kappa shape index (κ3) is 2.63. The molecular weight excluding hydrogens is 172 g/mol. The van der Waals surface area contributed by atoms with Gasteiger partial charge in [-0.3, -0.25) is 0 Å². The monoisotopic (exact) mass is 194 g/mol. The van der Waals surface area contributed by atoms with Crippen LogP contribution in [0.5, 0.6) is 0 Å². The highest BCUT2D eigenvalue weighted by Crippen LogP contribution is 2.35. The van der Waals surface area contributed by atoms with Crippen LogP contribution in [0.4, 0.5) is 0 Å². The molecule has 1 heterocycles. The second-order valence-corrected chi connectivity index (χ2v) is 4.65. The van der Waals surface area contributed by atoms with Crippen LogP contribution in [0.25, 0.3) is 0 Å². The predicted octanol–water partition coefficient (Wildman–Crippen LogP) is 4.06. The highest BCUT2D eigenvalue weighted by Gasteiger charge is 2.27. The Labute approximate surface area is 87.8 Å². The Morgan fingerprint density at radius 1 is 1.64 bits per heavy atom. The zero-order valence-corrected chi connectivity index (χ0v) is 9.68. The van der Waals surface area contributed by atoms with Crippen LogP contribution in [0.1, 0.15) is 46.5 Å². The van der Waals surface area contributed by atoms with Gasteiger partial charge in [-0.05, 0) is 25.3 Å². The maximum absolute atomic E-state index is 5.97. The number of hydrogen-bond donors (Lipinski definition) is 0. The molecule has 0 unspecified atom stereocenters. The molecule has 0 saturated heterocycles. The van der Waals surface area contributed by atoms with E-state index in [1.165, 1.54) is 5.76 Å². The van der Waals surface area contributed by atoms with E-state index in [2.05, 4.69) is 33.4 Å². The first-order valence-electron chi connectivity index (χ1n) is 5.58. The SMILES string of the molecule is C=CC[C@@H]1CCC=C(C(C)(C)CC)O1. The van der Waals surface area contributed by atoms with Crippen molar-refractivity contribution in [2.45, 2.75) is 52.6 Å². The molecule has 0 amide bonds. The maximum Gasteiger partial charge on any atom is 0.102 e. The van der Waals surface area contributed by atoms with E-state index in [0.29, 0.717) is 6.10 Å². The molecule has 0 aliphatic carbocycles. The third-order valence-electron chi connectivity index (χ3n) is 3.09. The Balaban J connectivity index is 2.63. The highest BCUT2D eigenvalue weighted by molar-refractivity contribution is 5.07. The summed E-state index contributed by atoms with van der Waals surface area (Å²) in [5, 5.41) is 0. The van der Waals surface area contributed by atoms with Crippen molar-refractivity contribution < 1.29 is 4.74 Å². The molecule has 1 rings (SSSR count). The van der Waals surface area contributed by atoms with Crippen LogP contribution in [0.2, 0.25) is 0 Å². The van der Waals surface area contributed by atoms with Gasteiger partial charge in [-0.1, -0.05) is 26.8 Å². The smallest absolute Gasteiger partial charge is 0.102 e. The molecule has 0 radical (unpaired) electrons. The molecule has 1 atom stereocenters. The highest BCUT2D eigenvalue weighted by atomic mass is 16.5. The maximum atomic E-state index is 5.97. The first kappa shape index (κ1) is 11.4. The van der Waals surface area contributed by atoms with Gasteiger partial charge in [0.1, 0.15) is 6.10 Å². The molecular formula is C13H22O. The summed E-state index contributed by atoms with van der Waals surface area (Å²) in [6, 6.07) is 0. The lowest BCUT2D eigenvalue weighted by Gasteiger charge is -2.33. The minimum atomic E-state index is 0.194. The van der Waals surface area contributed by atoms with Crippen LogP contribution in [-0.4, -0.2) is 6.10 Å². The predicted molar refractivity (Wildman–Crippen MR) is 61.1 cm³/mol. The molecule has 0 aromatic heterocycles. The fourth-order valence-corrected chi connectivity index (χ4v) is 1.65. The van der Waals surface area contributed by atoms with Crippen LogP contribution in [0.3, 0.4) is 0 Å². The van der Waals surface area contributed by atoms with Gasteiger partial charge in [0.05, 0.1) is 5.76 Å². The lowest BCUT2D eigenvalue weighted by molar-refractivity contribution is 0.0536. The van der Waals surface area contributed by atoms with Crippen LogP contribution >= 0.6 is 0 Å². The fourth-order valence-electron chi connectivity index (χ4n) is 1.65. The minimum absolute atomic E-state index is 0.194. The Morgan fingerprint density at radius 2 is 2.36 bits per heavy atom. The summed E-state index contributed by atoms with van der Waals surface area (Å²) in [5.41, 5.74) is 0.194. The Kier molecular flexibility index (Phi) is 3.79. The van der Waals surface area contributed by atoms with E-state index in [0.717, 1.165) is 25.7 Å². The van der Waals surface area contributed by atoms with Crippen molar-refractivity contribution in [3.05, 3.63) is 24.5 Å². The average molecular weight is 194 g/mol. The van der Waals surface area contributed by atoms with Crippen molar-refractivity contribution in [2.24, 2.45) is 5.41 Å². The topological polar surface area (TPSA) is 9.23 Å². The lowest BCUT2D eigenvalue weighted by atomic mass is 9.86. The van der Waals surface area contributed by atoms with Gasteiger partial charge in [0.2, 0.25) is 0 Å². The molecule has 0 fully saturated rings. The third-order valence-corrected chi connectivity index (χ3v) is 3.09. The zero-order valence-electron chi connectivity index (χ0n) is 9.68. The van der Waals surface area contributed by atoms with Gasteiger partial charge in [-0.2, -0.15) is 0 Å². The van der Waals surface area contributed by atoms with Crippen LogP contribution in [-0.2, 0) is 4.74 Å². The summed E-state index contributed by atoms with van der Waals surface area (Å²) in [4.78, 5) is 0. The molecule has 1 aliphatic rings. The van der Waals surface area contributed by atoms with Gasteiger partial charge in [-0.25, -0.2) is 0 Å². The van der Waals surface area contributed by atoms with E-state index in [4.69, 9.17) is 4.74 Å². The fraction of sp³-hybridized carbons (Fsp3) is 0.692. The first-order chi connectivity index (χ1) is 6.60. The van der Waals surface area contributed by atoms with Gasteiger partial charge in [0.25, 0.3) is 0 Å². The molecule has 14 heavy (non-hydrogen) atoms. The van der Waals surface area contributed by atoms with Gasteiger partial charge >= 0.3 is 0 Å². The van der Waals surface area contributed by atoms with E-state index >= 15 is 0 Å². The summed E-state index contributed by atoms with van der Waals surface area (Å²) >= 11 is 0. The first-order valence-corrected chi connectivity index (χ1v) is 5.58. The van der Waals surface area contributed by atoms with E-state index in [1.54, 1.807) is 0 Å². The second kappa shape index (κ2) is 4.68. The van der Waals surface area contributed by atoms with Crippen molar-refractivity contribution >= 4 is 0 Å². The second-order valence-electron chi connectivity index (χ2n) is 4.65. The van der Waals surface area contributed by atoms with E-state index in [-0.39, 0.29) is 5.41 Å². The number of ether oxygens (including phenoxy) is 1. The van der Waals surface area contributed by atoms with Crippen LogP contribution in [0, 0.1) is 5.41 Å². The Hall–Kier alpha value is -0.720. The molecule has 0 saturated carbocycles. The van der Waals surface area contributed by atoms with Gasteiger partial charge in [-0.15, -0.1) is 6.58 Å². The quantitative estimate of drug-likeness (QED) is 0.613. The molecule has 0 spiro atoms. The molecule has 1 aliphatic heterocycles. The normalized spacial score (nSPS) is 22.5. The van der Waals surface area contributed by atoms with Crippen molar-refractivity contribution in [1.82, 2.24) is 0 Å². The van der Waals surface area contributed by atoms with Gasteiger partial charge < -0.3 is 4.74 Å². The molecule has 0 N–H and O–H groups in total. The van der Waals surface area contributed by atoms with E-state index in [9.17, 15) is 0 Å². The van der Waals surface area contributed by atoms with Crippen molar-refractivity contribution in [3.8, 4) is 0 Å². The minimum Gasteiger partial charge on any atom is -0.494 e. The molecule has 0 bridgehead atoms. The molecule has 1 heteroatoms. The largest absolute Gasteiger partial charge is 0.494 e. The van der Waals surface area contributed by atoms with E-state index in [1.807, 2.05) is 6.08 Å². The number of hydrogen-bond acceptors (Lipinski definition) is 1. The average Bonchev–Trinajstić information content (AvgIpc) is 2.19. The van der Waals surface area contributed by atoms with Crippen LogP contribution < -0.4 is 0 Å². The molecule has 0 aromatic rings. The Bertz CT molecular complexity index is 225. The molecule has 0 aromatic carbocycles. The van der Waals surface area contributed by atoms with E-state index < -0.39 is 0 Å². The van der Waals surface area contributed by atoms with Crippen molar-refractivity contribution in [3.63, 3.8) is 0 Å². The van der Waals surface area contributed by atoms with Crippen LogP contribution in [0.15, 0.2) is 24.5 Å². The summed E-state index contributed by atoms with van der Waals surface area (Å²) in [7, 11) is 0. The van der Waals surface area contributed by atoms with Crippen molar-refractivity contribution in [1.29, 1.82) is 0 Å². The lowest BCUT2D eigenvalue weighted by Crippen LogP contribution is -2.24. The number of rotatable bonds is 4. The van der Waals surface area contributed by atoms with Gasteiger partial charge in [0, 0.05) is 11.8 Å². The molecule has 1 nitrogen and oxygen atoms in total. The summed E-state index contributed by atoms with van der Waals surface area (Å²) in [6.07, 6.45) is 8.94. The standard InChI is InChI=1S/C13H22O/c1-5-8-11-9-7-10-12(14-11)13(3,4)6-2/h5,10-11H,1,6-9H2,2-4H3/t11-/m1/s1. The number of allylic oxidation sites excluding steroid dienone is 2. The summed E-state index contributed by atoms with van der Waals surface area (Å²) in [5.74, 6) is 1.18. The Morgan fingerprint density at radius 3 is 2.93 bits per heavy atom. The summed E-state index contributed by atoms with van der Waals surface area (Å²) in [6.45, 7) is 10.5. The molecule has 80 valence electrons. The van der Waals surface area contributed by atoms with Crippen molar-refractivity contribution in [2.75, 3.05) is 0 Å². The van der Waals surface area contributed by atoms with Gasteiger partial charge in [0.15, 0.2) is 0 Å². The zero-order chi connectivity index (χ0) is 10.6.